The summed E-state index contributed by atoms with van der Waals surface area (Å²) in [4.78, 5) is 15.1. The van der Waals surface area contributed by atoms with Gasteiger partial charge in [0.05, 0.1) is 36.8 Å². The first-order valence-electron chi connectivity index (χ1n) is 11.1. The predicted molar refractivity (Wildman–Crippen MR) is 117 cm³/mol. The van der Waals surface area contributed by atoms with Gasteiger partial charge < -0.3 is 14.5 Å². The summed E-state index contributed by atoms with van der Waals surface area (Å²) in [5.74, 6) is 2.00. The smallest absolute Gasteiger partial charge is 0.239 e. The van der Waals surface area contributed by atoms with Crippen LogP contribution in [0.4, 0.5) is 5.82 Å². The number of carbonyl (C=O) groups is 1. The number of nitrogens with one attached hydrogen (secondary N) is 1. The number of para-hydroxylation sites is 1. The number of furan rings is 1. The number of ether oxygens (including phenoxy) is 1. The van der Waals surface area contributed by atoms with Gasteiger partial charge >= 0.3 is 0 Å². The van der Waals surface area contributed by atoms with Crippen molar-refractivity contribution in [2.45, 2.75) is 44.2 Å². The van der Waals surface area contributed by atoms with Crippen molar-refractivity contribution in [1.82, 2.24) is 14.7 Å². The van der Waals surface area contributed by atoms with Gasteiger partial charge in [0.15, 0.2) is 0 Å². The van der Waals surface area contributed by atoms with Crippen molar-refractivity contribution >= 4 is 11.7 Å². The molecule has 1 unspecified atom stereocenters. The van der Waals surface area contributed by atoms with Gasteiger partial charge in [-0.1, -0.05) is 18.2 Å². The number of aromatic nitrogens is 2. The van der Waals surface area contributed by atoms with E-state index in [1.807, 2.05) is 53.2 Å². The molecule has 0 radical (unpaired) electrons. The average molecular weight is 421 g/mol. The molecule has 7 heteroatoms. The number of hydrogen-bond acceptors (Lipinski definition) is 5. The Hall–Kier alpha value is -2.90. The summed E-state index contributed by atoms with van der Waals surface area (Å²) >= 11 is 0. The Kier molecular flexibility index (Phi) is 5.86. The van der Waals surface area contributed by atoms with Gasteiger partial charge in [0, 0.05) is 25.1 Å². The minimum Gasteiger partial charge on any atom is -0.468 e. The minimum absolute atomic E-state index is 0.0658. The summed E-state index contributed by atoms with van der Waals surface area (Å²) in [6, 6.07) is 15.8. The first kappa shape index (κ1) is 20.0. The first-order chi connectivity index (χ1) is 15.2. The van der Waals surface area contributed by atoms with E-state index in [1.54, 1.807) is 6.26 Å². The Bertz CT molecular complexity index is 989. The van der Waals surface area contributed by atoms with Crippen LogP contribution in [0.15, 0.2) is 59.2 Å². The van der Waals surface area contributed by atoms with Gasteiger partial charge in [-0.3, -0.25) is 9.69 Å². The molecule has 0 bridgehead atoms. The standard InChI is InChI=1S/C24H28N4O3/c29-24(17-27(15-20-8-4-12-30-20)16-21-9-5-13-31-21)25-23-14-22(18-10-11-18)26-28(23)19-6-2-1-3-7-19/h1-4,6-8,12,14,18,21H,5,9-11,13,15-17H2,(H,25,29). The number of hydrogen-bond donors (Lipinski definition) is 1. The number of amides is 1. The Labute approximate surface area is 182 Å². The van der Waals surface area contributed by atoms with E-state index in [1.165, 1.54) is 0 Å². The highest BCUT2D eigenvalue weighted by atomic mass is 16.5. The molecule has 1 saturated heterocycles. The van der Waals surface area contributed by atoms with E-state index in [9.17, 15) is 4.79 Å². The van der Waals surface area contributed by atoms with Crippen molar-refractivity contribution in [2.75, 3.05) is 25.0 Å². The maximum Gasteiger partial charge on any atom is 0.239 e. The fourth-order valence-corrected chi connectivity index (χ4v) is 4.10. The summed E-state index contributed by atoms with van der Waals surface area (Å²) < 4.78 is 13.1. The molecule has 2 aliphatic rings. The lowest BCUT2D eigenvalue weighted by atomic mass is 10.2. The lowest BCUT2D eigenvalue weighted by Gasteiger charge is -2.23. The molecule has 0 spiro atoms. The maximum absolute atomic E-state index is 13.0. The van der Waals surface area contributed by atoms with Crippen LogP contribution in [0, 0.1) is 0 Å². The monoisotopic (exact) mass is 420 g/mol. The first-order valence-corrected chi connectivity index (χ1v) is 11.1. The molecule has 162 valence electrons. The molecule has 5 rings (SSSR count). The molecular formula is C24H28N4O3. The number of anilines is 1. The number of carbonyl (C=O) groups excluding carboxylic acids is 1. The van der Waals surface area contributed by atoms with Crippen molar-refractivity contribution in [3.05, 3.63) is 66.2 Å². The molecule has 1 aromatic carbocycles. The Morgan fingerprint density at radius 3 is 2.74 bits per heavy atom. The third kappa shape index (κ3) is 5.06. The molecule has 3 aromatic rings. The zero-order valence-electron chi connectivity index (χ0n) is 17.6. The van der Waals surface area contributed by atoms with Crippen molar-refractivity contribution < 1.29 is 13.9 Å². The minimum atomic E-state index is -0.0658. The molecule has 1 aliphatic heterocycles. The van der Waals surface area contributed by atoms with Crippen LogP contribution in [-0.4, -0.2) is 46.4 Å². The average Bonchev–Trinajstić information content (AvgIpc) is 3.14. The van der Waals surface area contributed by atoms with Crippen LogP contribution < -0.4 is 5.32 Å². The molecular weight excluding hydrogens is 392 g/mol. The highest BCUT2D eigenvalue weighted by Crippen LogP contribution is 2.40. The van der Waals surface area contributed by atoms with E-state index < -0.39 is 0 Å². The SMILES string of the molecule is O=C(CN(Cc1ccco1)CC1CCCO1)Nc1cc(C2CC2)nn1-c1ccccc1. The van der Waals surface area contributed by atoms with E-state index in [0.717, 1.165) is 49.4 Å². The fourth-order valence-electron chi connectivity index (χ4n) is 4.10. The van der Waals surface area contributed by atoms with Crippen molar-refractivity contribution in [3.63, 3.8) is 0 Å². The van der Waals surface area contributed by atoms with E-state index >= 15 is 0 Å². The summed E-state index contributed by atoms with van der Waals surface area (Å²) in [6.45, 7) is 2.34. The van der Waals surface area contributed by atoms with Crippen LogP contribution in [0.5, 0.6) is 0 Å². The zero-order chi connectivity index (χ0) is 21.0. The van der Waals surface area contributed by atoms with Crippen molar-refractivity contribution in [1.29, 1.82) is 0 Å². The Balaban J connectivity index is 1.31. The van der Waals surface area contributed by atoms with E-state index in [2.05, 4.69) is 10.2 Å². The van der Waals surface area contributed by atoms with Gasteiger partial charge in [-0.05, 0) is 49.9 Å². The van der Waals surface area contributed by atoms with E-state index in [4.69, 9.17) is 14.3 Å². The predicted octanol–water partition coefficient (Wildman–Crippen LogP) is 3.96. The van der Waals surface area contributed by atoms with Gasteiger partial charge in [0.2, 0.25) is 5.91 Å². The largest absolute Gasteiger partial charge is 0.468 e. The van der Waals surface area contributed by atoms with Crippen molar-refractivity contribution in [3.8, 4) is 5.69 Å². The second-order valence-corrected chi connectivity index (χ2v) is 8.41. The summed E-state index contributed by atoms with van der Waals surface area (Å²) in [7, 11) is 0. The van der Waals surface area contributed by atoms with Crippen LogP contribution >= 0.6 is 0 Å². The molecule has 1 N–H and O–H groups in total. The summed E-state index contributed by atoms with van der Waals surface area (Å²) in [5.41, 5.74) is 1.99. The molecule has 1 aliphatic carbocycles. The second-order valence-electron chi connectivity index (χ2n) is 8.41. The third-order valence-corrected chi connectivity index (χ3v) is 5.80. The summed E-state index contributed by atoms with van der Waals surface area (Å²) in [6.07, 6.45) is 6.26. The summed E-state index contributed by atoms with van der Waals surface area (Å²) in [5, 5.41) is 7.87. The highest BCUT2D eigenvalue weighted by Gasteiger charge is 2.28. The fraction of sp³-hybridized carbons (Fsp3) is 0.417. The normalized spacial score (nSPS) is 18.5. The Morgan fingerprint density at radius 2 is 2.03 bits per heavy atom. The topological polar surface area (TPSA) is 72.5 Å². The van der Waals surface area contributed by atoms with E-state index in [0.29, 0.717) is 24.8 Å². The van der Waals surface area contributed by atoms with Gasteiger partial charge in [0.1, 0.15) is 11.6 Å². The van der Waals surface area contributed by atoms with E-state index in [-0.39, 0.29) is 18.6 Å². The van der Waals surface area contributed by atoms with Crippen LogP contribution in [0.3, 0.4) is 0 Å². The lowest BCUT2D eigenvalue weighted by molar-refractivity contribution is -0.117. The molecule has 31 heavy (non-hydrogen) atoms. The van der Waals surface area contributed by atoms with Crippen LogP contribution in [0.2, 0.25) is 0 Å². The van der Waals surface area contributed by atoms with Gasteiger partial charge in [-0.25, -0.2) is 4.68 Å². The van der Waals surface area contributed by atoms with Gasteiger partial charge in [-0.15, -0.1) is 0 Å². The molecule has 2 fully saturated rings. The van der Waals surface area contributed by atoms with Crippen LogP contribution in [0.25, 0.3) is 5.69 Å². The number of nitrogens with zero attached hydrogens (tertiary/aromatic N) is 3. The molecule has 2 aromatic heterocycles. The molecule has 1 amide bonds. The van der Waals surface area contributed by atoms with Gasteiger partial charge in [0.25, 0.3) is 0 Å². The Morgan fingerprint density at radius 1 is 1.16 bits per heavy atom. The van der Waals surface area contributed by atoms with Gasteiger partial charge in [-0.2, -0.15) is 5.10 Å². The second kappa shape index (κ2) is 9.08. The lowest BCUT2D eigenvalue weighted by Crippen LogP contribution is -2.38. The molecule has 3 heterocycles. The quantitative estimate of drug-likeness (QED) is 0.567. The molecule has 1 atom stereocenters. The van der Waals surface area contributed by atoms with Crippen LogP contribution in [-0.2, 0) is 16.1 Å². The van der Waals surface area contributed by atoms with Crippen molar-refractivity contribution in [2.24, 2.45) is 0 Å². The molecule has 1 saturated carbocycles. The third-order valence-electron chi connectivity index (χ3n) is 5.80. The zero-order valence-corrected chi connectivity index (χ0v) is 17.6. The molecule has 7 nitrogen and oxygen atoms in total. The highest BCUT2D eigenvalue weighted by molar-refractivity contribution is 5.91. The number of benzene rings is 1. The number of rotatable bonds is 9. The maximum atomic E-state index is 13.0. The van der Waals surface area contributed by atoms with Crippen LogP contribution in [0.1, 0.15) is 43.1 Å².